The highest BCUT2D eigenvalue weighted by Crippen LogP contribution is 2.51. The molecule has 0 atom stereocenters. The van der Waals surface area contributed by atoms with Gasteiger partial charge in [0.1, 0.15) is 0 Å². The van der Waals surface area contributed by atoms with Gasteiger partial charge in [-0.05, 0) is 110 Å². The maximum Gasteiger partial charge on any atom is 0.249 e. The summed E-state index contributed by atoms with van der Waals surface area (Å²) < 4.78 is 0. The third-order valence-corrected chi connectivity index (χ3v) is 14.4. The van der Waals surface area contributed by atoms with Crippen LogP contribution in [0.4, 0.5) is 17.1 Å². The van der Waals surface area contributed by atoms with Crippen LogP contribution in [0.25, 0.3) is 55.6 Å². The van der Waals surface area contributed by atoms with Crippen molar-refractivity contribution >= 4 is 51.9 Å². The van der Waals surface area contributed by atoms with Crippen molar-refractivity contribution in [2.24, 2.45) is 0 Å². The number of benzene rings is 9. The minimum Gasteiger partial charge on any atom is -0.310 e. The molecule has 0 aliphatic carbocycles. The fourth-order valence-corrected chi connectivity index (χ4v) is 11.3. The molecule has 9 aromatic carbocycles. The first-order valence-electron chi connectivity index (χ1n) is 23.1. The molecule has 3 heteroatoms. The van der Waals surface area contributed by atoms with Gasteiger partial charge in [-0.1, -0.05) is 226 Å². The van der Waals surface area contributed by atoms with Crippen LogP contribution in [0.15, 0.2) is 222 Å². The molecule has 0 radical (unpaired) electrons. The van der Waals surface area contributed by atoms with Gasteiger partial charge >= 0.3 is 0 Å². The average molecular weight is 840 g/mol. The van der Waals surface area contributed by atoms with Crippen molar-refractivity contribution in [3.63, 3.8) is 0 Å². The Balaban J connectivity index is 1.22. The second-order valence-corrected chi connectivity index (χ2v) is 18.4. The molecule has 0 aromatic heterocycles. The van der Waals surface area contributed by atoms with E-state index in [1.165, 1.54) is 137 Å². The number of fused-ring (bicyclic) bond motifs is 4. The Labute approximate surface area is 383 Å². The van der Waals surface area contributed by atoms with Crippen LogP contribution < -0.4 is 21.3 Å². The lowest BCUT2D eigenvalue weighted by Crippen LogP contribution is -2.60. The highest BCUT2D eigenvalue weighted by molar-refractivity contribution is 8.00. The van der Waals surface area contributed by atoms with Gasteiger partial charge in [0.2, 0.25) is 6.71 Å². The first-order chi connectivity index (χ1) is 31.7. The monoisotopic (exact) mass is 839 g/mol. The van der Waals surface area contributed by atoms with E-state index in [2.05, 4.69) is 224 Å². The van der Waals surface area contributed by atoms with Gasteiger partial charge in [0.15, 0.2) is 0 Å². The number of aryl methyl sites for hydroxylation is 1. The Bertz CT molecular complexity index is 3020. The second kappa shape index (κ2) is 17.8. The molecule has 2 aliphatic rings. The normalized spacial score (nSPS) is 12.4. The average Bonchev–Trinajstić information content (AvgIpc) is 3.37. The minimum absolute atomic E-state index is 0.0439. The van der Waals surface area contributed by atoms with E-state index in [1.54, 1.807) is 0 Å². The molecular weight excluding hydrogens is 790 g/mol. The van der Waals surface area contributed by atoms with Gasteiger partial charge in [-0.25, -0.2) is 0 Å². The molecule has 0 saturated heterocycles. The summed E-state index contributed by atoms with van der Waals surface area (Å²) in [6.07, 6.45) is 7.35. The van der Waals surface area contributed by atoms with Crippen LogP contribution in [-0.4, -0.2) is 6.71 Å². The summed E-state index contributed by atoms with van der Waals surface area (Å²) >= 11 is 1.96. The topological polar surface area (TPSA) is 3.24 Å². The largest absolute Gasteiger partial charge is 0.310 e. The van der Waals surface area contributed by atoms with E-state index in [0.717, 1.165) is 6.42 Å². The van der Waals surface area contributed by atoms with Crippen molar-refractivity contribution in [2.75, 3.05) is 4.90 Å². The lowest BCUT2D eigenvalue weighted by molar-refractivity contribution is 0.632. The Hall–Kier alpha value is -6.81. The highest BCUT2D eigenvalue weighted by Gasteiger charge is 2.42. The van der Waals surface area contributed by atoms with Crippen molar-refractivity contribution in [1.29, 1.82) is 0 Å². The Morgan fingerprint density at radius 2 is 0.891 bits per heavy atom. The molecule has 0 unspecified atom stereocenters. The fraction of sp³-hybridized carbons (Fsp3) is 0.115. The maximum atomic E-state index is 2.67. The molecule has 0 spiro atoms. The van der Waals surface area contributed by atoms with E-state index in [9.17, 15) is 0 Å². The molecule has 0 amide bonds. The molecule has 1 nitrogen and oxygen atoms in total. The zero-order valence-electron chi connectivity index (χ0n) is 36.4. The summed E-state index contributed by atoms with van der Waals surface area (Å²) in [6, 6.07) is 79.3. The van der Waals surface area contributed by atoms with E-state index in [0.29, 0.717) is 0 Å². The predicted molar refractivity (Wildman–Crippen MR) is 276 cm³/mol. The molecule has 2 aliphatic heterocycles. The van der Waals surface area contributed by atoms with Gasteiger partial charge in [-0.2, -0.15) is 0 Å². The summed E-state index contributed by atoms with van der Waals surface area (Å²) in [5.41, 5.74) is 21.5. The van der Waals surface area contributed by atoms with Crippen molar-refractivity contribution in [3.05, 3.63) is 218 Å². The first-order valence-corrected chi connectivity index (χ1v) is 23.9. The standard InChI is InChI=1S/C61H50BNS/c1-2-3-4-5-11-22-43-37-57-60-59(38-43)64-58-36-34-50(45-25-14-7-15-26-45)42-55(58)62(60)54-41-49(44-23-12-6-13-24-44)33-35-56(54)63(57)61-52(47-29-18-9-19-30-47)39-51(46-27-16-8-17-28-46)40-53(61)48-31-20-10-21-32-48/h6-10,12-21,23-42H,2-5,11,22H2,1H3. The van der Waals surface area contributed by atoms with Crippen molar-refractivity contribution in [3.8, 4) is 55.6 Å². The molecule has 9 aromatic rings. The maximum absolute atomic E-state index is 2.67. The van der Waals surface area contributed by atoms with Crippen LogP contribution in [0.2, 0.25) is 0 Å². The van der Waals surface area contributed by atoms with Crippen molar-refractivity contribution in [1.82, 2.24) is 0 Å². The Kier molecular flexibility index (Phi) is 11.1. The number of hydrogen-bond acceptors (Lipinski definition) is 2. The highest BCUT2D eigenvalue weighted by atomic mass is 32.2. The SMILES string of the molecule is CCCCCCCc1cc2c3c(c1)N(c1c(-c4ccccc4)cc(-c4ccccc4)cc1-c1ccccc1)c1ccc(-c4ccccc4)cc1B3c1cc(-c3ccccc3)ccc1S2. The van der Waals surface area contributed by atoms with Crippen LogP contribution in [-0.2, 0) is 6.42 Å². The van der Waals surface area contributed by atoms with E-state index in [-0.39, 0.29) is 6.71 Å². The van der Waals surface area contributed by atoms with Crippen molar-refractivity contribution < 1.29 is 0 Å². The Morgan fingerprint density at radius 3 is 1.45 bits per heavy atom. The smallest absolute Gasteiger partial charge is 0.249 e. The van der Waals surface area contributed by atoms with E-state index < -0.39 is 0 Å². The molecule has 308 valence electrons. The van der Waals surface area contributed by atoms with E-state index in [1.807, 2.05) is 11.8 Å². The van der Waals surface area contributed by atoms with Gasteiger partial charge < -0.3 is 4.90 Å². The molecule has 0 saturated carbocycles. The third kappa shape index (κ3) is 7.58. The first kappa shape index (κ1) is 40.0. The van der Waals surface area contributed by atoms with Crippen molar-refractivity contribution in [2.45, 2.75) is 55.2 Å². The number of anilines is 3. The number of hydrogen-bond donors (Lipinski definition) is 0. The van der Waals surface area contributed by atoms with Crippen LogP contribution >= 0.6 is 11.8 Å². The molecule has 64 heavy (non-hydrogen) atoms. The van der Waals surface area contributed by atoms with Gasteiger partial charge in [-0.3, -0.25) is 0 Å². The summed E-state index contributed by atoms with van der Waals surface area (Å²) in [7, 11) is 0. The lowest BCUT2D eigenvalue weighted by Gasteiger charge is -2.42. The molecule has 2 heterocycles. The Morgan fingerprint density at radius 1 is 0.391 bits per heavy atom. The molecule has 11 rings (SSSR count). The van der Waals surface area contributed by atoms with Crippen LogP contribution in [0, 0.1) is 0 Å². The quantitative estimate of drug-likeness (QED) is 0.0891. The molecule has 0 fully saturated rings. The lowest BCUT2D eigenvalue weighted by atomic mass is 9.34. The van der Waals surface area contributed by atoms with Crippen LogP contribution in [0.5, 0.6) is 0 Å². The van der Waals surface area contributed by atoms with Crippen LogP contribution in [0.1, 0.15) is 44.6 Å². The molecule has 0 N–H and O–H groups in total. The zero-order valence-corrected chi connectivity index (χ0v) is 37.2. The summed E-state index contributed by atoms with van der Waals surface area (Å²) in [4.78, 5) is 5.39. The van der Waals surface area contributed by atoms with Gasteiger partial charge in [-0.15, -0.1) is 0 Å². The fourth-order valence-electron chi connectivity index (χ4n) is 10.1. The van der Waals surface area contributed by atoms with Crippen LogP contribution in [0.3, 0.4) is 0 Å². The minimum atomic E-state index is 0.0439. The zero-order chi connectivity index (χ0) is 42.8. The molecular formula is C61H50BNS. The summed E-state index contributed by atoms with van der Waals surface area (Å²) in [6.45, 7) is 2.35. The van der Waals surface area contributed by atoms with E-state index >= 15 is 0 Å². The predicted octanol–water partition coefficient (Wildman–Crippen LogP) is 15.3. The number of nitrogens with zero attached hydrogens (tertiary/aromatic N) is 1. The van der Waals surface area contributed by atoms with E-state index in [4.69, 9.17) is 0 Å². The van der Waals surface area contributed by atoms with Gasteiger partial charge in [0, 0.05) is 32.3 Å². The number of rotatable bonds is 12. The number of unbranched alkanes of at least 4 members (excludes halogenated alkanes) is 4. The summed E-state index contributed by atoms with van der Waals surface area (Å²) in [5.74, 6) is 0. The molecule has 0 bridgehead atoms. The van der Waals surface area contributed by atoms with Gasteiger partial charge in [0.05, 0.1) is 5.69 Å². The summed E-state index contributed by atoms with van der Waals surface area (Å²) in [5, 5.41) is 0. The second-order valence-electron chi connectivity index (χ2n) is 17.3. The third-order valence-electron chi connectivity index (χ3n) is 13.2. The van der Waals surface area contributed by atoms with Gasteiger partial charge in [0.25, 0.3) is 0 Å².